The van der Waals surface area contributed by atoms with Crippen LogP contribution in [0.5, 0.6) is 0 Å². The highest BCUT2D eigenvalue weighted by Crippen LogP contribution is 2.31. The fraction of sp³-hybridized carbons (Fsp3) is 0.355. The van der Waals surface area contributed by atoms with E-state index in [1.807, 2.05) is 0 Å². The lowest BCUT2D eigenvalue weighted by Crippen LogP contribution is -2.43. The first-order valence-electron chi connectivity index (χ1n) is 12.6. The summed E-state index contributed by atoms with van der Waals surface area (Å²) in [4.78, 5) is 0. The molecule has 1 fully saturated rings. The summed E-state index contributed by atoms with van der Waals surface area (Å²) in [6, 6.07) is 26.2. The molecule has 0 amide bonds. The summed E-state index contributed by atoms with van der Waals surface area (Å²) in [6.07, 6.45) is 9.18. The summed E-state index contributed by atoms with van der Waals surface area (Å²) in [6.45, 7) is 6.68. The number of aryl methyl sites for hydroxylation is 1. The summed E-state index contributed by atoms with van der Waals surface area (Å²) >= 11 is 0. The van der Waals surface area contributed by atoms with Gasteiger partial charge < -0.3 is 14.0 Å². The number of hydrogen-bond acceptors (Lipinski definition) is 2. The Morgan fingerprint density at radius 2 is 1.53 bits per heavy atom. The summed E-state index contributed by atoms with van der Waals surface area (Å²) in [5.41, 5.74) is 5.38. The lowest BCUT2D eigenvalue weighted by molar-refractivity contribution is -0.137. The average molecular weight is 454 g/mol. The summed E-state index contributed by atoms with van der Waals surface area (Å²) in [7, 11) is 0. The van der Waals surface area contributed by atoms with E-state index in [9.17, 15) is 0 Å². The van der Waals surface area contributed by atoms with Gasteiger partial charge in [0.2, 0.25) is 0 Å². The van der Waals surface area contributed by atoms with E-state index >= 15 is 0 Å². The second-order valence-electron chi connectivity index (χ2n) is 9.96. The first kappa shape index (κ1) is 22.9. The van der Waals surface area contributed by atoms with Crippen LogP contribution in [0.2, 0.25) is 0 Å². The molecule has 0 spiro atoms. The average Bonchev–Trinajstić information content (AvgIpc) is 3.17. The predicted molar refractivity (Wildman–Crippen MR) is 143 cm³/mol. The van der Waals surface area contributed by atoms with Crippen molar-refractivity contribution in [3.63, 3.8) is 0 Å². The van der Waals surface area contributed by atoms with Crippen molar-refractivity contribution in [2.75, 3.05) is 26.4 Å². The normalized spacial score (nSPS) is 15.3. The molecule has 0 saturated carbocycles. The first-order chi connectivity index (χ1) is 16.7. The van der Waals surface area contributed by atoms with Gasteiger partial charge in [0.15, 0.2) is 0 Å². The minimum Gasteiger partial charge on any atom is -0.381 e. The number of hydrogen-bond donors (Lipinski definition) is 0. The zero-order chi connectivity index (χ0) is 23.2. The molecule has 3 nitrogen and oxygen atoms in total. The maximum absolute atomic E-state index is 5.88. The fourth-order valence-corrected chi connectivity index (χ4v) is 4.85. The quantitative estimate of drug-likeness (QED) is 0.173. The highest BCUT2D eigenvalue weighted by Gasteiger charge is 2.33. The standard InChI is InChI=1S/C31H35NO2/c1-31(23-34-24-31)22-33-20-10-3-2-9-19-32-29-14-8-7-13-27(29)28-21-26(17-18-30(28)32)16-15-25-11-5-4-6-12-25/h4-8,11-18,21H,2-3,9-10,19-20,22-24H2,1H3/b16-15+. The largest absolute Gasteiger partial charge is 0.381 e. The Hall–Kier alpha value is -2.88. The van der Waals surface area contributed by atoms with E-state index < -0.39 is 0 Å². The molecule has 3 aromatic carbocycles. The zero-order valence-corrected chi connectivity index (χ0v) is 20.2. The van der Waals surface area contributed by atoms with Gasteiger partial charge in [-0.1, -0.05) is 86.5 Å². The Bertz CT molecular complexity index is 1250. The first-order valence-corrected chi connectivity index (χ1v) is 12.6. The molecule has 0 unspecified atom stereocenters. The highest BCUT2D eigenvalue weighted by atomic mass is 16.5. The Morgan fingerprint density at radius 1 is 0.794 bits per heavy atom. The topological polar surface area (TPSA) is 23.4 Å². The lowest BCUT2D eigenvalue weighted by atomic mass is 9.90. The molecule has 0 aliphatic carbocycles. The fourth-order valence-electron chi connectivity index (χ4n) is 4.85. The molecule has 0 atom stereocenters. The van der Waals surface area contributed by atoms with Crippen molar-refractivity contribution in [2.24, 2.45) is 5.41 Å². The second-order valence-corrected chi connectivity index (χ2v) is 9.96. The Balaban J connectivity index is 1.21. The maximum atomic E-state index is 5.88. The lowest BCUT2D eigenvalue weighted by Gasteiger charge is -2.37. The number of nitrogens with zero attached hydrogens (tertiary/aromatic N) is 1. The van der Waals surface area contributed by atoms with E-state index in [0.29, 0.717) is 0 Å². The number of rotatable bonds is 11. The van der Waals surface area contributed by atoms with Crippen LogP contribution in [-0.4, -0.2) is 31.0 Å². The van der Waals surface area contributed by atoms with Crippen molar-refractivity contribution < 1.29 is 9.47 Å². The molecule has 1 aliphatic rings. The molecular formula is C31H35NO2. The van der Waals surface area contributed by atoms with Crippen LogP contribution in [0.15, 0.2) is 72.8 Å². The summed E-state index contributed by atoms with van der Waals surface area (Å²) < 4.78 is 13.7. The minimum absolute atomic E-state index is 0.258. The molecule has 4 aromatic rings. The third-order valence-electron chi connectivity index (χ3n) is 6.84. The number of para-hydroxylation sites is 1. The molecule has 0 N–H and O–H groups in total. The van der Waals surface area contributed by atoms with Crippen LogP contribution in [0, 0.1) is 5.41 Å². The van der Waals surface area contributed by atoms with Crippen molar-refractivity contribution in [1.29, 1.82) is 0 Å². The number of unbranched alkanes of at least 4 members (excludes halogenated alkanes) is 3. The van der Waals surface area contributed by atoms with Gasteiger partial charge in [-0.2, -0.15) is 0 Å². The van der Waals surface area contributed by atoms with Gasteiger partial charge in [0, 0.05) is 40.4 Å². The summed E-state index contributed by atoms with van der Waals surface area (Å²) in [5.74, 6) is 0. The van der Waals surface area contributed by atoms with E-state index in [4.69, 9.17) is 9.47 Å². The van der Waals surface area contributed by atoms with Gasteiger partial charge in [-0.25, -0.2) is 0 Å². The van der Waals surface area contributed by atoms with Crippen LogP contribution >= 0.6 is 0 Å². The third kappa shape index (κ3) is 5.27. The van der Waals surface area contributed by atoms with Gasteiger partial charge in [-0.05, 0) is 42.2 Å². The Kier molecular flexibility index (Phi) is 7.13. The van der Waals surface area contributed by atoms with Crippen LogP contribution in [-0.2, 0) is 16.0 Å². The SMILES string of the molecule is CC1(COCCCCCCn2c3ccccc3c3cc(/C=C/c4ccccc4)ccc32)COC1. The van der Waals surface area contributed by atoms with Crippen molar-refractivity contribution >= 4 is 34.0 Å². The monoisotopic (exact) mass is 453 g/mol. The third-order valence-corrected chi connectivity index (χ3v) is 6.84. The number of ether oxygens (including phenoxy) is 2. The molecule has 176 valence electrons. The Labute approximate surface area is 203 Å². The molecule has 2 heterocycles. The van der Waals surface area contributed by atoms with Crippen LogP contribution in [0.25, 0.3) is 34.0 Å². The highest BCUT2D eigenvalue weighted by molar-refractivity contribution is 6.08. The van der Waals surface area contributed by atoms with Crippen LogP contribution in [0.1, 0.15) is 43.7 Å². The number of aromatic nitrogens is 1. The van der Waals surface area contributed by atoms with E-state index in [1.54, 1.807) is 0 Å². The molecule has 0 radical (unpaired) electrons. The van der Waals surface area contributed by atoms with Gasteiger partial charge in [0.05, 0.1) is 19.8 Å². The molecule has 5 rings (SSSR count). The molecule has 1 aromatic heterocycles. The second kappa shape index (κ2) is 10.6. The predicted octanol–water partition coefficient (Wildman–Crippen LogP) is 7.58. The van der Waals surface area contributed by atoms with Crippen molar-refractivity contribution in [2.45, 2.75) is 39.2 Å². The number of benzene rings is 3. The zero-order valence-electron chi connectivity index (χ0n) is 20.2. The van der Waals surface area contributed by atoms with Gasteiger partial charge in [-0.15, -0.1) is 0 Å². The molecule has 1 aliphatic heterocycles. The van der Waals surface area contributed by atoms with E-state index in [2.05, 4.69) is 96.4 Å². The Morgan fingerprint density at radius 3 is 2.35 bits per heavy atom. The van der Waals surface area contributed by atoms with Crippen molar-refractivity contribution in [1.82, 2.24) is 4.57 Å². The molecular weight excluding hydrogens is 418 g/mol. The van der Waals surface area contributed by atoms with Crippen molar-refractivity contribution in [3.05, 3.63) is 83.9 Å². The van der Waals surface area contributed by atoms with Crippen LogP contribution in [0.4, 0.5) is 0 Å². The van der Waals surface area contributed by atoms with Gasteiger partial charge in [-0.3, -0.25) is 0 Å². The van der Waals surface area contributed by atoms with Crippen LogP contribution in [0.3, 0.4) is 0 Å². The van der Waals surface area contributed by atoms with Crippen molar-refractivity contribution in [3.8, 4) is 0 Å². The number of fused-ring (bicyclic) bond motifs is 3. The molecule has 34 heavy (non-hydrogen) atoms. The van der Waals surface area contributed by atoms with Gasteiger partial charge in [0.1, 0.15) is 0 Å². The van der Waals surface area contributed by atoms with E-state index in [0.717, 1.165) is 39.4 Å². The maximum Gasteiger partial charge on any atom is 0.0564 e. The molecule has 1 saturated heterocycles. The van der Waals surface area contributed by atoms with Gasteiger partial charge in [0.25, 0.3) is 0 Å². The van der Waals surface area contributed by atoms with E-state index in [-0.39, 0.29) is 5.41 Å². The smallest absolute Gasteiger partial charge is 0.0564 e. The minimum atomic E-state index is 0.258. The van der Waals surface area contributed by atoms with Crippen LogP contribution < -0.4 is 0 Å². The van der Waals surface area contributed by atoms with E-state index in [1.165, 1.54) is 52.2 Å². The molecule has 0 bridgehead atoms. The summed E-state index contributed by atoms with van der Waals surface area (Å²) in [5, 5.41) is 2.68. The van der Waals surface area contributed by atoms with Gasteiger partial charge >= 0.3 is 0 Å². The molecule has 3 heteroatoms.